The van der Waals surface area contributed by atoms with Gasteiger partial charge in [0.1, 0.15) is 5.75 Å². The molecule has 0 aliphatic carbocycles. The number of hydrogen-bond acceptors (Lipinski definition) is 4. The first-order valence-corrected chi connectivity index (χ1v) is 10.7. The molecule has 0 bridgehead atoms. The van der Waals surface area contributed by atoms with E-state index in [2.05, 4.69) is 5.32 Å². The minimum absolute atomic E-state index is 0.129. The first-order valence-electron chi connectivity index (χ1n) is 8.42. The number of carbonyl (C=O) groups excluding carboxylic acids is 1. The van der Waals surface area contributed by atoms with Crippen LogP contribution in [-0.4, -0.2) is 26.7 Å². The van der Waals surface area contributed by atoms with Crippen molar-refractivity contribution in [2.75, 3.05) is 12.4 Å². The van der Waals surface area contributed by atoms with Gasteiger partial charge in [-0.1, -0.05) is 37.0 Å². The van der Waals surface area contributed by atoms with Crippen LogP contribution in [0.5, 0.6) is 5.75 Å². The molecule has 0 saturated heterocycles. The molecule has 5 nitrogen and oxygen atoms in total. The van der Waals surface area contributed by atoms with Gasteiger partial charge in [-0.25, -0.2) is 8.42 Å². The summed E-state index contributed by atoms with van der Waals surface area (Å²) in [4.78, 5) is 12.7. The summed E-state index contributed by atoms with van der Waals surface area (Å²) in [5.41, 5.74) is 0.421. The van der Waals surface area contributed by atoms with Crippen molar-refractivity contribution in [1.29, 1.82) is 0 Å². The summed E-state index contributed by atoms with van der Waals surface area (Å²) >= 11 is 12.0. The molecular weight excluding hydrogens is 409 g/mol. The highest BCUT2D eigenvalue weighted by molar-refractivity contribution is 7.92. The molecule has 0 fully saturated rings. The molecular formula is C19H21Cl2NO4S. The Balaban J connectivity index is 2.44. The van der Waals surface area contributed by atoms with E-state index < -0.39 is 21.0 Å². The number of methoxy groups -OCH3 is 1. The largest absolute Gasteiger partial charge is 0.495 e. The lowest BCUT2D eigenvalue weighted by Gasteiger charge is -2.16. The number of amides is 1. The lowest BCUT2D eigenvalue weighted by molar-refractivity contribution is 0.102. The molecule has 0 aromatic heterocycles. The van der Waals surface area contributed by atoms with Crippen molar-refractivity contribution in [2.24, 2.45) is 0 Å². The highest BCUT2D eigenvalue weighted by atomic mass is 35.5. The van der Waals surface area contributed by atoms with Gasteiger partial charge in [-0.3, -0.25) is 4.79 Å². The van der Waals surface area contributed by atoms with Gasteiger partial charge in [0, 0.05) is 5.02 Å². The number of sulfone groups is 1. The molecule has 146 valence electrons. The minimum atomic E-state index is -3.52. The summed E-state index contributed by atoms with van der Waals surface area (Å²) in [7, 11) is -2.08. The fourth-order valence-electron chi connectivity index (χ4n) is 2.74. The Labute approximate surface area is 169 Å². The van der Waals surface area contributed by atoms with Crippen LogP contribution < -0.4 is 10.1 Å². The van der Waals surface area contributed by atoms with Crippen LogP contribution in [0, 0.1) is 0 Å². The fraction of sp³-hybridized carbons (Fsp3) is 0.316. The van der Waals surface area contributed by atoms with Crippen molar-refractivity contribution < 1.29 is 17.9 Å². The average molecular weight is 430 g/mol. The summed E-state index contributed by atoms with van der Waals surface area (Å²) in [6, 6.07) is 8.94. The van der Waals surface area contributed by atoms with Crippen LogP contribution in [0.1, 0.15) is 37.0 Å². The van der Waals surface area contributed by atoms with E-state index in [4.69, 9.17) is 27.9 Å². The van der Waals surface area contributed by atoms with Crippen molar-refractivity contribution in [3.05, 3.63) is 52.0 Å². The van der Waals surface area contributed by atoms with Crippen LogP contribution in [0.25, 0.3) is 0 Å². The number of halogens is 2. The molecule has 0 unspecified atom stereocenters. The molecule has 0 aliphatic heterocycles. The number of ether oxygens (including phenoxy) is 1. The Morgan fingerprint density at radius 3 is 2.37 bits per heavy atom. The van der Waals surface area contributed by atoms with E-state index in [1.165, 1.54) is 37.4 Å². The van der Waals surface area contributed by atoms with Crippen molar-refractivity contribution in [3.63, 3.8) is 0 Å². The van der Waals surface area contributed by atoms with E-state index in [9.17, 15) is 13.2 Å². The van der Waals surface area contributed by atoms with Gasteiger partial charge in [-0.15, -0.1) is 0 Å². The van der Waals surface area contributed by atoms with Crippen molar-refractivity contribution in [2.45, 2.75) is 36.8 Å². The molecule has 0 aliphatic rings. The number of anilines is 1. The maximum Gasteiger partial charge on any atom is 0.257 e. The number of hydrogen-bond donors (Lipinski definition) is 1. The molecule has 0 radical (unpaired) electrons. The molecule has 1 amide bonds. The van der Waals surface area contributed by atoms with Crippen LogP contribution >= 0.6 is 23.2 Å². The van der Waals surface area contributed by atoms with E-state index in [-0.39, 0.29) is 21.2 Å². The summed E-state index contributed by atoms with van der Waals surface area (Å²) in [6.07, 6.45) is 1.01. The zero-order chi connectivity index (χ0) is 20.2. The van der Waals surface area contributed by atoms with Gasteiger partial charge in [-0.05, 0) is 49.2 Å². The minimum Gasteiger partial charge on any atom is -0.495 e. The third-order valence-electron chi connectivity index (χ3n) is 4.27. The van der Waals surface area contributed by atoms with Crippen LogP contribution in [-0.2, 0) is 9.84 Å². The number of carbonyl (C=O) groups is 1. The first-order chi connectivity index (χ1) is 12.7. The second-order valence-corrected chi connectivity index (χ2v) is 9.00. The average Bonchev–Trinajstić information content (AvgIpc) is 2.64. The molecule has 2 rings (SSSR count). The standard InChI is InChI=1S/C19H21Cl2NO4S/c1-4-13(5-2)27(24,25)14-7-9-18(26-3)17(11-14)22-19(23)15-10-12(20)6-8-16(15)21/h6-11,13H,4-5H2,1-3H3,(H,22,23). The predicted octanol–water partition coefficient (Wildman–Crippen LogP) is 5.22. The van der Waals surface area contributed by atoms with Gasteiger partial charge in [0.15, 0.2) is 9.84 Å². The monoisotopic (exact) mass is 429 g/mol. The van der Waals surface area contributed by atoms with Gasteiger partial charge in [0.25, 0.3) is 5.91 Å². The van der Waals surface area contributed by atoms with Crippen molar-refractivity contribution in [3.8, 4) is 5.75 Å². The third kappa shape index (κ3) is 4.75. The van der Waals surface area contributed by atoms with E-state index in [0.717, 1.165) is 0 Å². The highest BCUT2D eigenvalue weighted by Gasteiger charge is 2.26. The van der Waals surface area contributed by atoms with Gasteiger partial charge < -0.3 is 10.1 Å². The zero-order valence-electron chi connectivity index (χ0n) is 15.3. The zero-order valence-corrected chi connectivity index (χ0v) is 17.6. The van der Waals surface area contributed by atoms with E-state index >= 15 is 0 Å². The quantitative estimate of drug-likeness (QED) is 0.654. The molecule has 0 heterocycles. The Kier molecular flexibility index (Phi) is 7.14. The Hall–Kier alpha value is -1.76. The molecule has 2 aromatic carbocycles. The van der Waals surface area contributed by atoms with Crippen LogP contribution in [0.15, 0.2) is 41.3 Å². The summed E-state index contributed by atoms with van der Waals surface area (Å²) in [6.45, 7) is 3.66. The van der Waals surface area contributed by atoms with Crippen LogP contribution in [0.4, 0.5) is 5.69 Å². The SMILES string of the molecule is CCC(CC)S(=O)(=O)c1ccc(OC)c(NC(=O)c2cc(Cl)ccc2Cl)c1. The van der Waals surface area contributed by atoms with E-state index in [0.29, 0.717) is 23.6 Å². The Bertz CT molecular complexity index is 941. The van der Waals surface area contributed by atoms with Gasteiger partial charge in [0.2, 0.25) is 0 Å². The van der Waals surface area contributed by atoms with Gasteiger partial charge in [-0.2, -0.15) is 0 Å². The maximum absolute atomic E-state index is 12.8. The molecule has 0 saturated carbocycles. The lowest BCUT2D eigenvalue weighted by Crippen LogP contribution is -2.20. The molecule has 0 atom stereocenters. The van der Waals surface area contributed by atoms with Crippen LogP contribution in [0.3, 0.4) is 0 Å². The fourth-order valence-corrected chi connectivity index (χ4v) is 4.92. The molecule has 27 heavy (non-hydrogen) atoms. The highest BCUT2D eigenvalue weighted by Crippen LogP contribution is 2.31. The maximum atomic E-state index is 12.8. The summed E-state index contributed by atoms with van der Waals surface area (Å²) in [5.74, 6) is -0.178. The number of benzene rings is 2. The second kappa shape index (κ2) is 8.95. The smallest absolute Gasteiger partial charge is 0.257 e. The van der Waals surface area contributed by atoms with Gasteiger partial charge in [0.05, 0.1) is 33.5 Å². The second-order valence-electron chi connectivity index (χ2n) is 5.92. The topological polar surface area (TPSA) is 72.5 Å². The Morgan fingerprint density at radius 2 is 1.78 bits per heavy atom. The molecule has 1 N–H and O–H groups in total. The van der Waals surface area contributed by atoms with Crippen molar-refractivity contribution in [1.82, 2.24) is 0 Å². The van der Waals surface area contributed by atoms with E-state index in [1.807, 2.05) is 13.8 Å². The molecule has 8 heteroatoms. The lowest BCUT2D eigenvalue weighted by atomic mass is 10.2. The summed E-state index contributed by atoms with van der Waals surface area (Å²) < 4.78 is 30.9. The number of rotatable bonds is 7. The summed E-state index contributed by atoms with van der Waals surface area (Å²) in [5, 5.41) is 2.77. The third-order valence-corrected chi connectivity index (χ3v) is 7.29. The first kappa shape index (κ1) is 21.5. The molecule has 2 aromatic rings. The number of nitrogens with one attached hydrogen (secondary N) is 1. The predicted molar refractivity (Wildman–Crippen MR) is 109 cm³/mol. The molecule has 0 spiro atoms. The van der Waals surface area contributed by atoms with Crippen LogP contribution in [0.2, 0.25) is 10.0 Å². The van der Waals surface area contributed by atoms with Gasteiger partial charge >= 0.3 is 0 Å². The normalized spacial score (nSPS) is 11.5. The van der Waals surface area contributed by atoms with Crippen molar-refractivity contribution >= 4 is 44.6 Å². The Morgan fingerprint density at radius 1 is 1.11 bits per heavy atom. The van der Waals surface area contributed by atoms with E-state index in [1.54, 1.807) is 6.07 Å².